The van der Waals surface area contributed by atoms with Crippen LogP contribution in [0.2, 0.25) is 5.02 Å². The summed E-state index contributed by atoms with van der Waals surface area (Å²) in [5.74, 6) is 0.492. The Morgan fingerprint density at radius 3 is 2.83 bits per heavy atom. The average molecular weight is 499 g/mol. The van der Waals surface area contributed by atoms with Crippen molar-refractivity contribution in [1.29, 1.82) is 10.5 Å². The standard InChI is InChI=1S/C21H20ClFN10O2/c1-2-26-18-19-27-9-12(8-25)33(19)31-20(30-18)28-15-5-11(7-24)6-16(17(15)22)32-4-3-14(13(23)10-32)29-21(34)35/h5-6,9,13-14,29H,2-4,10H2,1H3,(H,34,35)(H2,26,28,30,31)/t13-,14+/m1/s1. The minimum Gasteiger partial charge on any atom is -0.465 e. The van der Waals surface area contributed by atoms with E-state index in [9.17, 15) is 19.7 Å². The van der Waals surface area contributed by atoms with Crippen LogP contribution in [0.5, 0.6) is 0 Å². The molecule has 1 aromatic carbocycles. The monoisotopic (exact) mass is 498 g/mol. The maximum Gasteiger partial charge on any atom is 0.404 e. The summed E-state index contributed by atoms with van der Waals surface area (Å²) in [7, 11) is 0. The molecule has 4 N–H and O–H groups in total. The van der Waals surface area contributed by atoms with Crippen LogP contribution in [0.4, 0.5) is 32.3 Å². The van der Waals surface area contributed by atoms with Crippen molar-refractivity contribution in [2.45, 2.75) is 25.6 Å². The summed E-state index contributed by atoms with van der Waals surface area (Å²) in [4.78, 5) is 21.2. The number of rotatable bonds is 6. The first-order valence-corrected chi connectivity index (χ1v) is 11.0. The maximum atomic E-state index is 14.7. The topological polar surface area (TPSA) is 167 Å². The highest BCUT2D eigenvalue weighted by Gasteiger charge is 2.32. The molecule has 1 amide bonds. The Balaban J connectivity index is 1.69. The number of hydrogen-bond acceptors (Lipinski definition) is 9. The number of nitrogens with zero attached hydrogens (tertiary/aromatic N) is 7. The predicted octanol–water partition coefficient (Wildman–Crippen LogP) is 2.88. The van der Waals surface area contributed by atoms with Crippen LogP contribution >= 0.6 is 11.6 Å². The highest BCUT2D eigenvalue weighted by molar-refractivity contribution is 6.36. The molecule has 1 fully saturated rings. The number of benzene rings is 1. The number of amides is 1. The van der Waals surface area contributed by atoms with Gasteiger partial charge in [0.1, 0.15) is 12.2 Å². The van der Waals surface area contributed by atoms with E-state index in [0.717, 1.165) is 0 Å². The summed E-state index contributed by atoms with van der Waals surface area (Å²) in [5, 5.41) is 40.6. The summed E-state index contributed by atoms with van der Waals surface area (Å²) in [6.07, 6.45) is -1.13. The van der Waals surface area contributed by atoms with E-state index < -0.39 is 18.3 Å². The third kappa shape index (κ3) is 4.81. The first kappa shape index (κ1) is 23.8. The van der Waals surface area contributed by atoms with Gasteiger partial charge in [-0.25, -0.2) is 14.2 Å². The fraction of sp³-hybridized carbons (Fsp3) is 0.333. The van der Waals surface area contributed by atoms with Gasteiger partial charge in [-0.2, -0.15) is 20.0 Å². The molecule has 4 rings (SSSR count). The smallest absolute Gasteiger partial charge is 0.404 e. The summed E-state index contributed by atoms with van der Waals surface area (Å²) in [5.41, 5.74) is 1.56. The molecule has 1 saturated heterocycles. The van der Waals surface area contributed by atoms with Gasteiger partial charge in [0.25, 0.3) is 0 Å². The van der Waals surface area contributed by atoms with Gasteiger partial charge < -0.3 is 26.0 Å². The van der Waals surface area contributed by atoms with Crippen LogP contribution in [0, 0.1) is 22.7 Å². The number of imidazole rings is 1. The Hall–Kier alpha value is -4.36. The fourth-order valence-electron chi connectivity index (χ4n) is 3.86. The van der Waals surface area contributed by atoms with Gasteiger partial charge in [-0.3, -0.25) is 0 Å². The van der Waals surface area contributed by atoms with Crippen LogP contribution < -0.4 is 20.9 Å². The van der Waals surface area contributed by atoms with Crippen molar-refractivity contribution in [3.05, 3.63) is 34.6 Å². The lowest BCUT2D eigenvalue weighted by atomic mass is 10.0. The van der Waals surface area contributed by atoms with Crippen molar-refractivity contribution in [2.75, 3.05) is 35.2 Å². The lowest BCUT2D eigenvalue weighted by Crippen LogP contribution is -2.52. The molecule has 12 nitrogen and oxygen atoms in total. The van der Waals surface area contributed by atoms with E-state index in [2.05, 4.69) is 37.1 Å². The number of fused-ring (bicyclic) bond motifs is 1. The minimum atomic E-state index is -1.46. The molecule has 0 aliphatic carbocycles. The molecule has 0 bridgehead atoms. The summed E-state index contributed by atoms with van der Waals surface area (Å²) >= 11 is 6.66. The molecule has 180 valence electrons. The number of alkyl halides is 1. The van der Waals surface area contributed by atoms with Crippen molar-refractivity contribution in [3.8, 4) is 12.1 Å². The molecule has 14 heteroatoms. The number of hydrogen-bond donors (Lipinski definition) is 4. The third-order valence-corrected chi connectivity index (χ3v) is 5.84. The van der Waals surface area contributed by atoms with Crippen molar-refractivity contribution >= 4 is 46.5 Å². The quantitative estimate of drug-likeness (QED) is 0.396. The van der Waals surface area contributed by atoms with Crippen molar-refractivity contribution in [1.82, 2.24) is 24.9 Å². The van der Waals surface area contributed by atoms with E-state index in [-0.39, 0.29) is 35.2 Å². The largest absolute Gasteiger partial charge is 0.465 e. The highest BCUT2D eigenvalue weighted by atomic mass is 35.5. The average Bonchev–Trinajstić information content (AvgIpc) is 3.25. The van der Waals surface area contributed by atoms with E-state index >= 15 is 0 Å². The molecule has 1 aliphatic heterocycles. The van der Waals surface area contributed by atoms with E-state index in [1.54, 1.807) is 11.0 Å². The molecule has 3 aromatic rings. The summed E-state index contributed by atoms with van der Waals surface area (Å²) < 4.78 is 16.0. The predicted molar refractivity (Wildman–Crippen MR) is 126 cm³/mol. The fourth-order valence-corrected chi connectivity index (χ4v) is 4.13. The van der Waals surface area contributed by atoms with Gasteiger partial charge in [0.2, 0.25) is 5.95 Å². The van der Waals surface area contributed by atoms with Crippen molar-refractivity contribution in [3.63, 3.8) is 0 Å². The molecule has 35 heavy (non-hydrogen) atoms. The normalized spacial score (nSPS) is 17.5. The SMILES string of the molecule is CCNc1nc(Nc2cc(C#N)cc(N3CC[C@H](NC(=O)O)[C@H](F)C3)c2Cl)nn2c(C#N)cnc12. The Kier molecular flexibility index (Phi) is 6.71. The van der Waals surface area contributed by atoms with E-state index in [4.69, 9.17) is 16.7 Å². The number of carbonyl (C=O) groups is 1. The number of anilines is 4. The van der Waals surface area contributed by atoms with Gasteiger partial charge in [0.05, 0.1) is 46.8 Å². The lowest BCUT2D eigenvalue weighted by molar-refractivity contribution is 0.168. The molecule has 1 aliphatic rings. The van der Waals surface area contributed by atoms with Crippen molar-refractivity contribution in [2.24, 2.45) is 0 Å². The molecule has 0 spiro atoms. The first-order chi connectivity index (χ1) is 16.8. The van der Waals surface area contributed by atoms with Crippen LogP contribution in [0.15, 0.2) is 18.3 Å². The summed E-state index contributed by atoms with van der Waals surface area (Å²) in [6.45, 7) is 2.65. The van der Waals surface area contributed by atoms with E-state index in [0.29, 0.717) is 35.9 Å². The minimum absolute atomic E-state index is 0.0959. The van der Waals surface area contributed by atoms with Gasteiger partial charge in [0.15, 0.2) is 17.2 Å². The Morgan fingerprint density at radius 1 is 1.37 bits per heavy atom. The van der Waals surface area contributed by atoms with Crippen molar-refractivity contribution < 1.29 is 14.3 Å². The second-order valence-electron chi connectivity index (χ2n) is 7.71. The number of nitriles is 2. The van der Waals surface area contributed by atoms with Crippen LogP contribution in [0.1, 0.15) is 24.6 Å². The zero-order valence-corrected chi connectivity index (χ0v) is 19.2. The molecule has 2 aromatic heterocycles. The number of aromatic nitrogens is 4. The third-order valence-electron chi connectivity index (χ3n) is 5.44. The first-order valence-electron chi connectivity index (χ1n) is 10.6. The van der Waals surface area contributed by atoms with Gasteiger partial charge in [-0.1, -0.05) is 11.6 Å². The Labute approximate surface area is 203 Å². The lowest BCUT2D eigenvalue weighted by Gasteiger charge is -2.36. The van der Waals surface area contributed by atoms with Crippen LogP contribution in [-0.4, -0.2) is 62.6 Å². The highest BCUT2D eigenvalue weighted by Crippen LogP contribution is 2.37. The molecule has 2 atom stereocenters. The maximum absolute atomic E-state index is 14.7. The molecule has 0 unspecified atom stereocenters. The molecular formula is C21H20ClFN10O2. The van der Waals surface area contributed by atoms with Gasteiger partial charge >= 0.3 is 6.09 Å². The van der Waals surface area contributed by atoms with Crippen LogP contribution in [0.3, 0.4) is 0 Å². The van der Waals surface area contributed by atoms with E-state index in [1.807, 2.05) is 13.0 Å². The van der Waals surface area contributed by atoms with Gasteiger partial charge in [-0.15, -0.1) is 5.10 Å². The molecular weight excluding hydrogens is 479 g/mol. The Morgan fingerprint density at radius 2 is 2.17 bits per heavy atom. The number of carboxylic acid groups (broad SMARTS) is 1. The second kappa shape index (κ2) is 9.87. The second-order valence-corrected chi connectivity index (χ2v) is 8.08. The number of nitrogens with one attached hydrogen (secondary N) is 3. The van der Waals surface area contributed by atoms with Gasteiger partial charge in [-0.05, 0) is 25.5 Å². The molecule has 3 heterocycles. The van der Waals surface area contributed by atoms with Crippen LogP contribution in [0.25, 0.3) is 5.65 Å². The number of piperidine rings is 1. The molecule has 0 saturated carbocycles. The molecule has 0 radical (unpaired) electrons. The van der Waals surface area contributed by atoms with E-state index in [1.165, 1.54) is 16.8 Å². The van der Waals surface area contributed by atoms with Crippen LogP contribution in [-0.2, 0) is 0 Å². The number of halogens is 2. The van der Waals surface area contributed by atoms with Gasteiger partial charge in [0, 0.05) is 13.1 Å². The Bertz CT molecular complexity index is 1360. The zero-order valence-electron chi connectivity index (χ0n) is 18.5. The summed E-state index contributed by atoms with van der Waals surface area (Å²) in [6, 6.07) is 6.30. The zero-order chi connectivity index (χ0) is 25.1.